The largest absolute Gasteiger partial charge is 0.336 e. The first-order chi connectivity index (χ1) is 11.7. The first kappa shape index (κ1) is 16.5. The molecule has 6 nitrogen and oxygen atoms in total. The Morgan fingerprint density at radius 2 is 1.96 bits per heavy atom. The molecule has 1 fully saturated rings. The number of nitrogens with zero attached hydrogens (tertiary/aromatic N) is 3. The minimum atomic E-state index is -0.175. The second-order valence-corrected chi connectivity index (χ2v) is 6.16. The Hall–Kier alpha value is -2.34. The molecule has 1 saturated heterocycles. The zero-order valence-corrected chi connectivity index (χ0v) is 14.0. The van der Waals surface area contributed by atoms with E-state index in [4.69, 9.17) is 11.6 Å². The van der Waals surface area contributed by atoms with Gasteiger partial charge >= 0.3 is 6.03 Å². The van der Waals surface area contributed by atoms with E-state index in [-0.39, 0.29) is 12.1 Å². The summed E-state index contributed by atoms with van der Waals surface area (Å²) >= 11 is 5.85. The van der Waals surface area contributed by atoms with Gasteiger partial charge in [-0.25, -0.2) is 14.8 Å². The number of rotatable bonds is 5. The van der Waals surface area contributed by atoms with Crippen molar-refractivity contribution in [3.8, 4) is 0 Å². The molecule has 0 spiro atoms. The molecule has 0 bridgehead atoms. The molecule has 126 valence electrons. The Labute approximate surface area is 146 Å². The molecule has 1 unspecified atom stereocenters. The minimum Gasteiger partial charge on any atom is -0.336 e. The molecule has 1 aliphatic rings. The summed E-state index contributed by atoms with van der Waals surface area (Å²) in [6.45, 7) is 1.96. The number of urea groups is 1. The highest BCUT2D eigenvalue weighted by atomic mass is 35.5. The summed E-state index contributed by atoms with van der Waals surface area (Å²) in [5.74, 6) is 0.725. The lowest BCUT2D eigenvalue weighted by molar-refractivity contribution is 0.240. The topological polar surface area (TPSA) is 70.2 Å². The molecule has 1 atom stereocenters. The SMILES string of the molecule is O=C(NCc1ccc(Cl)cc1)NCC1CCCN1c1ncccn1. The monoisotopic (exact) mass is 345 g/mol. The number of benzene rings is 1. The molecule has 1 aromatic carbocycles. The van der Waals surface area contributed by atoms with Crippen molar-refractivity contribution in [1.29, 1.82) is 0 Å². The third-order valence-corrected chi connectivity index (χ3v) is 4.30. The Morgan fingerprint density at radius 1 is 1.21 bits per heavy atom. The number of carbonyl (C=O) groups is 1. The maximum Gasteiger partial charge on any atom is 0.315 e. The van der Waals surface area contributed by atoms with Gasteiger partial charge in [0.2, 0.25) is 5.95 Å². The summed E-state index contributed by atoms with van der Waals surface area (Å²) in [7, 11) is 0. The third kappa shape index (κ3) is 4.35. The van der Waals surface area contributed by atoms with Gasteiger partial charge < -0.3 is 15.5 Å². The average molecular weight is 346 g/mol. The van der Waals surface area contributed by atoms with E-state index in [9.17, 15) is 4.79 Å². The van der Waals surface area contributed by atoms with E-state index in [1.165, 1.54) is 0 Å². The fourth-order valence-corrected chi connectivity index (χ4v) is 2.93. The molecule has 0 aliphatic carbocycles. The minimum absolute atomic E-state index is 0.175. The van der Waals surface area contributed by atoms with Gasteiger partial charge in [-0.15, -0.1) is 0 Å². The number of hydrogen-bond donors (Lipinski definition) is 2. The van der Waals surface area contributed by atoms with E-state index in [0.717, 1.165) is 30.9 Å². The van der Waals surface area contributed by atoms with Gasteiger partial charge in [0.05, 0.1) is 0 Å². The molecular weight excluding hydrogens is 326 g/mol. The Morgan fingerprint density at radius 3 is 2.71 bits per heavy atom. The third-order valence-electron chi connectivity index (χ3n) is 4.05. The molecule has 2 heterocycles. The van der Waals surface area contributed by atoms with E-state index < -0.39 is 0 Å². The van der Waals surface area contributed by atoms with Crippen molar-refractivity contribution >= 4 is 23.6 Å². The normalized spacial score (nSPS) is 16.9. The fourth-order valence-electron chi connectivity index (χ4n) is 2.81. The van der Waals surface area contributed by atoms with Gasteiger partial charge in [-0.3, -0.25) is 0 Å². The molecule has 3 rings (SSSR count). The highest BCUT2D eigenvalue weighted by molar-refractivity contribution is 6.30. The van der Waals surface area contributed by atoms with Gasteiger partial charge in [0, 0.05) is 43.1 Å². The smallest absolute Gasteiger partial charge is 0.315 e. The first-order valence-corrected chi connectivity index (χ1v) is 8.40. The first-order valence-electron chi connectivity index (χ1n) is 8.02. The molecular formula is C17H20ClN5O. The van der Waals surface area contributed by atoms with Crippen LogP contribution in [-0.2, 0) is 6.54 Å². The lowest BCUT2D eigenvalue weighted by Gasteiger charge is -2.24. The summed E-state index contributed by atoms with van der Waals surface area (Å²) < 4.78 is 0. The number of nitrogens with one attached hydrogen (secondary N) is 2. The molecule has 2 aromatic rings. The molecule has 0 radical (unpaired) electrons. The van der Waals surface area contributed by atoms with Crippen LogP contribution in [0.1, 0.15) is 18.4 Å². The number of halogens is 1. The molecule has 24 heavy (non-hydrogen) atoms. The summed E-state index contributed by atoms with van der Waals surface area (Å²) in [5, 5.41) is 6.47. The van der Waals surface area contributed by atoms with E-state index in [0.29, 0.717) is 18.1 Å². The van der Waals surface area contributed by atoms with Gasteiger partial charge in [-0.1, -0.05) is 23.7 Å². The van der Waals surface area contributed by atoms with Crippen LogP contribution in [0.2, 0.25) is 5.02 Å². The van der Waals surface area contributed by atoms with Crippen LogP contribution in [0.15, 0.2) is 42.7 Å². The van der Waals surface area contributed by atoms with Gasteiger partial charge in [-0.05, 0) is 36.6 Å². The molecule has 1 aromatic heterocycles. The van der Waals surface area contributed by atoms with Crippen LogP contribution in [0, 0.1) is 0 Å². The van der Waals surface area contributed by atoms with Crippen molar-refractivity contribution < 1.29 is 4.79 Å². The van der Waals surface area contributed by atoms with Gasteiger partial charge in [0.15, 0.2) is 0 Å². The molecule has 2 amide bonds. The zero-order chi connectivity index (χ0) is 16.8. The van der Waals surface area contributed by atoms with Crippen molar-refractivity contribution in [3.05, 3.63) is 53.3 Å². The molecule has 7 heteroatoms. The number of anilines is 1. The van der Waals surface area contributed by atoms with Crippen LogP contribution in [0.25, 0.3) is 0 Å². The maximum atomic E-state index is 12.0. The Kier molecular flexibility index (Phi) is 5.48. The van der Waals surface area contributed by atoms with Crippen molar-refractivity contribution in [1.82, 2.24) is 20.6 Å². The van der Waals surface area contributed by atoms with Crippen LogP contribution in [0.4, 0.5) is 10.7 Å². The van der Waals surface area contributed by atoms with Crippen LogP contribution >= 0.6 is 11.6 Å². The van der Waals surface area contributed by atoms with Gasteiger partial charge in [0.1, 0.15) is 0 Å². The zero-order valence-electron chi connectivity index (χ0n) is 13.3. The molecule has 0 saturated carbocycles. The predicted octanol–water partition coefficient (Wildman–Crippen LogP) is 2.60. The summed E-state index contributed by atoms with van der Waals surface area (Å²) in [5.41, 5.74) is 1.01. The van der Waals surface area contributed by atoms with Crippen LogP contribution < -0.4 is 15.5 Å². The van der Waals surface area contributed by atoms with Crippen molar-refractivity contribution in [3.63, 3.8) is 0 Å². The van der Waals surface area contributed by atoms with E-state index in [1.54, 1.807) is 18.5 Å². The van der Waals surface area contributed by atoms with Crippen LogP contribution in [0.3, 0.4) is 0 Å². The van der Waals surface area contributed by atoms with E-state index in [2.05, 4.69) is 25.5 Å². The van der Waals surface area contributed by atoms with Gasteiger partial charge in [0.25, 0.3) is 0 Å². The summed E-state index contributed by atoms with van der Waals surface area (Å²) in [6.07, 6.45) is 5.58. The lowest BCUT2D eigenvalue weighted by Crippen LogP contribution is -2.44. The highest BCUT2D eigenvalue weighted by Crippen LogP contribution is 2.21. The van der Waals surface area contributed by atoms with Crippen LogP contribution in [0.5, 0.6) is 0 Å². The van der Waals surface area contributed by atoms with E-state index in [1.807, 2.05) is 24.3 Å². The van der Waals surface area contributed by atoms with Crippen LogP contribution in [-0.4, -0.2) is 35.1 Å². The van der Waals surface area contributed by atoms with Crippen molar-refractivity contribution in [2.75, 3.05) is 18.0 Å². The second kappa shape index (κ2) is 7.97. The lowest BCUT2D eigenvalue weighted by atomic mass is 10.2. The number of hydrogen-bond acceptors (Lipinski definition) is 4. The number of carbonyl (C=O) groups excluding carboxylic acids is 1. The summed E-state index contributed by atoms with van der Waals surface area (Å²) in [6, 6.07) is 9.28. The Balaban J connectivity index is 1.46. The maximum absolute atomic E-state index is 12.0. The molecule has 1 aliphatic heterocycles. The average Bonchev–Trinajstić information content (AvgIpc) is 3.09. The Bertz CT molecular complexity index is 664. The summed E-state index contributed by atoms with van der Waals surface area (Å²) in [4.78, 5) is 22.7. The predicted molar refractivity (Wildman–Crippen MR) is 94.1 cm³/mol. The molecule has 2 N–H and O–H groups in total. The fraction of sp³-hybridized carbons (Fsp3) is 0.353. The standard InChI is InChI=1S/C17H20ClN5O/c18-14-6-4-13(5-7-14)11-21-17(24)22-12-15-3-1-10-23(15)16-19-8-2-9-20-16/h2,4-9,15H,1,3,10-12H2,(H2,21,22,24). The van der Waals surface area contributed by atoms with E-state index >= 15 is 0 Å². The van der Waals surface area contributed by atoms with Gasteiger partial charge in [-0.2, -0.15) is 0 Å². The highest BCUT2D eigenvalue weighted by Gasteiger charge is 2.26. The second-order valence-electron chi connectivity index (χ2n) is 5.73. The van der Waals surface area contributed by atoms with Crippen molar-refractivity contribution in [2.45, 2.75) is 25.4 Å². The quantitative estimate of drug-likeness (QED) is 0.874. The van der Waals surface area contributed by atoms with Crippen molar-refractivity contribution in [2.24, 2.45) is 0 Å². The number of aromatic nitrogens is 2. The number of amides is 2.